The van der Waals surface area contributed by atoms with Gasteiger partial charge in [-0.1, -0.05) is 74.1 Å². The van der Waals surface area contributed by atoms with Gasteiger partial charge in [0.15, 0.2) is 5.16 Å². The van der Waals surface area contributed by atoms with Crippen LogP contribution in [0.3, 0.4) is 0 Å². The maximum Gasteiger partial charge on any atom is 0.263 e. The molecule has 1 atom stereocenters. The van der Waals surface area contributed by atoms with E-state index in [1.165, 1.54) is 11.8 Å². The van der Waals surface area contributed by atoms with Crippen LogP contribution in [0.5, 0.6) is 0 Å². The minimum atomic E-state index is -0.122. The molecule has 0 fully saturated rings. The highest BCUT2D eigenvalue weighted by atomic mass is 32.2. The van der Waals surface area contributed by atoms with Gasteiger partial charge in [-0.15, -0.1) is 21.5 Å². The second-order valence-electron chi connectivity index (χ2n) is 10.4. The Kier molecular flexibility index (Phi) is 7.48. The van der Waals surface area contributed by atoms with Crippen molar-refractivity contribution in [2.24, 2.45) is 5.92 Å². The molecule has 5 aromatic rings. The maximum atomic E-state index is 14.1. The van der Waals surface area contributed by atoms with Crippen LogP contribution in [-0.2, 0) is 35.5 Å². The van der Waals surface area contributed by atoms with Crippen LogP contribution >= 0.6 is 23.1 Å². The van der Waals surface area contributed by atoms with E-state index in [0.29, 0.717) is 42.8 Å². The molecule has 0 spiro atoms. The van der Waals surface area contributed by atoms with Gasteiger partial charge in [0.05, 0.1) is 23.8 Å². The number of aromatic nitrogens is 4. The summed E-state index contributed by atoms with van der Waals surface area (Å²) in [6.07, 6.45) is 1.47. The van der Waals surface area contributed by atoms with Crippen LogP contribution in [0.1, 0.15) is 35.4 Å². The van der Waals surface area contributed by atoms with Gasteiger partial charge >= 0.3 is 0 Å². The first-order chi connectivity index (χ1) is 19.4. The minimum absolute atomic E-state index is 0.0402. The van der Waals surface area contributed by atoms with Crippen molar-refractivity contribution in [1.82, 2.24) is 19.2 Å². The molecule has 1 aliphatic heterocycles. The lowest BCUT2D eigenvalue weighted by Crippen LogP contribution is -2.29. The monoisotopic (exact) mass is 573 g/mol. The molecule has 3 aromatic heterocycles. The fourth-order valence-electron chi connectivity index (χ4n) is 5.13. The van der Waals surface area contributed by atoms with Crippen LogP contribution in [0.25, 0.3) is 16.0 Å². The largest absolute Gasteiger partial charge is 0.372 e. The minimum Gasteiger partial charge on any atom is -0.372 e. The summed E-state index contributed by atoms with van der Waals surface area (Å²) in [5.74, 6) is 0.891. The first kappa shape index (κ1) is 26.7. The Balaban J connectivity index is 1.40. The van der Waals surface area contributed by atoms with E-state index in [-0.39, 0.29) is 23.3 Å². The van der Waals surface area contributed by atoms with Gasteiger partial charge in [-0.3, -0.25) is 14.2 Å². The summed E-state index contributed by atoms with van der Waals surface area (Å²) in [6.45, 7) is 7.24. The molecule has 1 amide bonds. The predicted octanol–water partition coefficient (Wildman–Crippen LogP) is 5.48. The zero-order chi connectivity index (χ0) is 27.8. The molecule has 0 saturated heterocycles. The average Bonchev–Trinajstić information content (AvgIpc) is 3.55. The van der Waals surface area contributed by atoms with Gasteiger partial charge in [-0.2, -0.15) is 0 Å². The Morgan fingerprint density at radius 3 is 2.70 bits per heavy atom. The van der Waals surface area contributed by atoms with E-state index >= 15 is 0 Å². The number of carbonyl (C=O) groups excluding carboxylic acids is 1. The summed E-state index contributed by atoms with van der Waals surface area (Å²) >= 11 is 2.89. The van der Waals surface area contributed by atoms with Crippen LogP contribution in [0.2, 0.25) is 0 Å². The maximum absolute atomic E-state index is 14.1. The molecule has 2 aromatic carbocycles. The third-order valence-corrected chi connectivity index (χ3v) is 9.51. The van der Waals surface area contributed by atoms with Crippen molar-refractivity contribution in [2.75, 3.05) is 11.1 Å². The molecule has 0 aliphatic carbocycles. The molecule has 10 heteroatoms. The molecule has 8 nitrogen and oxygen atoms in total. The number of carbonyl (C=O) groups is 1. The first-order valence-corrected chi connectivity index (χ1v) is 15.3. The van der Waals surface area contributed by atoms with Crippen molar-refractivity contribution >= 4 is 50.7 Å². The fraction of sp³-hybridized carbons (Fsp3) is 0.333. The lowest BCUT2D eigenvalue weighted by atomic mass is 9.96. The highest BCUT2D eigenvalue weighted by Crippen LogP contribution is 2.37. The topological polar surface area (TPSA) is 90.5 Å². The molecule has 0 unspecified atom stereocenters. The van der Waals surface area contributed by atoms with Crippen molar-refractivity contribution in [3.05, 3.63) is 86.5 Å². The third-order valence-electron chi connectivity index (χ3n) is 7.39. The van der Waals surface area contributed by atoms with Gasteiger partial charge < -0.3 is 10.1 Å². The van der Waals surface area contributed by atoms with Gasteiger partial charge in [0.2, 0.25) is 11.7 Å². The van der Waals surface area contributed by atoms with Crippen molar-refractivity contribution in [3.8, 4) is 0 Å². The van der Waals surface area contributed by atoms with Gasteiger partial charge in [0, 0.05) is 23.5 Å². The van der Waals surface area contributed by atoms with E-state index in [9.17, 15) is 9.59 Å². The number of thiophene rings is 1. The molecule has 206 valence electrons. The molecule has 0 bridgehead atoms. The number of hydrogen-bond acceptors (Lipinski definition) is 7. The number of rotatable bonds is 8. The van der Waals surface area contributed by atoms with E-state index in [0.717, 1.165) is 37.5 Å². The first-order valence-electron chi connectivity index (χ1n) is 13.5. The van der Waals surface area contributed by atoms with Gasteiger partial charge in [-0.25, -0.2) is 4.40 Å². The number of nitrogens with one attached hydrogen (secondary N) is 1. The van der Waals surface area contributed by atoms with E-state index in [1.54, 1.807) is 15.9 Å². The van der Waals surface area contributed by atoms with Crippen molar-refractivity contribution in [2.45, 2.75) is 58.0 Å². The lowest BCUT2D eigenvalue weighted by molar-refractivity contribution is -0.113. The quantitative estimate of drug-likeness (QED) is 0.247. The molecule has 0 saturated carbocycles. The van der Waals surface area contributed by atoms with Crippen LogP contribution in [0.4, 0.5) is 5.69 Å². The van der Waals surface area contributed by atoms with E-state index < -0.39 is 0 Å². The van der Waals surface area contributed by atoms with Crippen LogP contribution in [-0.4, -0.2) is 36.9 Å². The average molecular weight is 574 g/mol. The number of anilines is 1. The van der Waals surface area contributed by atoms with Gasteiger partial charge in [0.25, 0.3) is 5.56 Å². The molecule has 0 radical (unpaired) electrons. The van der Waals surface area contributed by atoms with Crippen molar-refractivity contribution < 1.29 is 9.53 Å². The zero-order valence-electron chi connectivity index (χ0n) is 22.7. The zero-order valence-corrected chi connectivity index (χ0v) is 24.3. The van der Waals surface area contributed by atoms with Crippen LogP contribution in [0.15, 0.2) is 64.5 Å². The Bertz CT molecular complexity index is 1760. The molecule has 40 heavy (non-hydrogen) atoms. The van der Waals surface area contributed by atoms with Crippen LogP contribution in [0, 0.1) is 12.8 Å². The standard InChI is InChI=1S/C30H31N5O3S2/c1-18(2)23-15-21-24(16-38-23)40-28-26(21)27(37)34(14-13-20-10-5-4-6-11-20)29-32-33-30(35(28)29)39-17-25(36)31-22-12-8-7-9-19(22)3/h4-12,18,23H,13-17H2,1-3H3,(H,31,36)/t23-/m1/s1. The van der Waals surface area contributed by atoms with E-state index in [2.05, 4.69) is 41.5 Å². The highest BCUT2D eigenvalue weighted by Gasteiger charge is 2.30. The second kappa shape index (κ2) is 11.2. The Morgan fingerprint density at radius 1 is 1.15 bits per heavy atom. The van der Waals surface area contributed by atoms with E-state index in [1.807, 2.05) is 53.8 Å². The molecule has 1 aliphatic rings. The van der Waals surface area contributed by atoms with Gasteiger partial charge in [-0.05, 0) is 42.0 Å². The van der Waals surface area contributed by atoms with Crippen LogP contribution < -0.4 is 10.9 Å². The summed E-state index contributed by atoms with van der Waals surface area (Å²) in [6, 6.07) is 17.8. The number of nitrogens with zero attached hydrogens (tertiary/aromatic N) is 4. The fourth-order valence-corrected chi connectivity index (χ4v) is 7.16. The predicted molar refractivity (Wildman–Crippen MR) is 160 cm³/mol. The van der Waals surface area contributed by atoms with Crippen molar-refractivity contribution in [3.63, 3.8) is 0 Å². The van der Waals surface area contributed by atoms with Crippen molar-refractivity contribution in [1.29, 1.82) is 0 Å². The number of ether oxygens (including phenoxy) is 1. The number of para-hydroxylation sites is 1. The summed E-state index contributed by atoms with van der Waals surface area (Å²) in [5, 5.41) is 13.2. The Hall–Kier alpha value is -3.47. The Labute approximate surface area is 240 Å². The molecule has 1 N–H and O–H groups in total. The molecular weight excluding hydrogens is 542 g/mol. The number of benzene rings is 2. The molecule has 4 heterocycles. The SMILES string of the molecule is Cc1ccccc1NC(=O)CSc1nnc2n(CCc3ccccc3)c(=O)c3c4c(sc3n12)CO[C@@H](C(C)C)C4. The smallest absolute Gasteiger partial charge is 0.263 e. The number of aryl methyl sites for hydroxylation is 3. The number of fused-ring (bicyclic) bond motifs is 5. The summed E-state index contributed by atoms with van der Waals surface area (Å²) in [5.41, 5.74) is 3.98. The highest BCUT2D eigenvalue weighted by molar-refractivity contribution is 7.99. The molecular formula is C30H31N5O3S2. The normalized spacial score (nSPS) is 15.2. The number of thioether (sulfide) groups is 1. The second-order valence-corrected chi connectivity index (χ2v) is 12.5. The van der Waals surface area contributed by atoms with E-state index in [4.69, 9.17) is 4.74 Å². The number of amides is 1. The van der Waals surface area contributed by atoms with Gasteiger partial charge in [0.1, 0.15) is 4.83 Å². The summed E-state index contributed by atoms with van der Waals surface area (Å²) < 4.78 is 9.84. The molecule has 6 rings (SSSR count). The summed E-state index contributed by atoms with van der Waals surface area (Å²) in [7, 11) is 0. The number of hydrogen-bond donors (Lipinski definition) is 1. The third kappa shape index (κ3) is 5.07. The summed E-state index contributed by atoms with van der Waals surface area (Å²) in [4.78, 5) is 28.8. The Morgan fingerprint density at radius 2 is 1.93 bits per heavy atom. The lowest BCUT2D eigenvalue weighted by Gasteiger charge is -2.26.